The highest BCUT2D eigenvalue weighted by Gasteiger charge is 2.28. The Morgan fingerprint density at radius 2 is 0.681 bits per heavy atom. The highest BCUT2D eigenvalue weighted by atomic mass is 31.2. The largest absolute Gasteiger partial charge is 0.472 e. The average molecular weight is 1030 g/mol. The van der Waals surface area contributed by atoms with Crippen molar-refractivity contribution in [2.75, 3.05) is 26.4 Å². The Morgan fingerprint density at radius 1 is 0.389 bits per heavy atom. The molecule has 0 aliphatic rings. The fourth-order valence-corrected chi connectivity index (χ4v) is 7.83. The minimum absolute atomic E-state index is 0.137. The number of phosphoric ester groups is 1. The van der Waals surface area contributed by atoms with Crippen molar-refractivity contribution in [3.63, 3.8) is 0 Å². The number of aliphatic hydroxyl groups is 1. The van der Waals surface area contributed by atoms with E-state index in [1.165, 1.54) is 0 Å². The SMILES string of the molecule is CC/C=C\C/C=C\C/C=C\CCCCCCCC(=O)OCC(COP(=O)(O)OCC(CO)OC(=O)CCCCCCC/C=C\C/C=C\C/C=C\CC)OC(=O)CCCCCCC/C=C\C/C=C\C/C=C\CC. The fourth-order valence-electron chi connectivity index (χ4n) is 7.04. The van der Waals surface area contributed by atoms with Gasteiger partial charge in [-0.3, -0.25) is 23.4 Å². The topological polar surface area (TPSA) is 155 Å². The minimum Gasteiger partial charge on any atom is -0.462 e. The molecule has 11 nitrogen and oxygen atoms in total. The summed E-state index contributed by atoms with van der Waals surface area (Å²) in [5.41, 5.74) is 0. The van der Waals surface area contributed by atoms with Crippen molar-refractivity contribution in [2.45, 2.75) is 226 Å². The first-order chi connectivity index (χ1) is 35.2. The van der Waals surface area contributed by atoms with Crippen LogP contribution in [0.3, 0.4) is 0 Å². The highest BCUT2D eigenvalue weighted by molar-refractivity contribution is 7.47. The number of esters is 3. The third-order valence-corrected chi connectivity index (χ3v) is 12.1. The molecular formula is C60H99O11P. The third kappa shape index (κ3) is 51.1. The third-order valence-electron chi connectivity index (χ3n) is 11.2. The standard InChI is InChI=1S/C60H99O11P/c1-4-7-10-13-16-19-22-25-28-31-34-37-40-43-46-49-58(62)67-53-57(71-60(64)51-48-45-42-39-36-33-30-27-24-21-18-15-12-9-6-3)55-69-72(65,66)68-54-56(52-61)70-59(63)50-47-44-41-38-35-32-29-26-23-20-17-14-11-8-5-2/h7-12,16-21,25-30,56-57,61H,4-6,13-15,22-24,31-55H2,1-3H3,(H,65,66)/b10-7-,11-8-,12-9-,19-16-,20-17-,21-18-,28-25-,29-26-,30-27-. The van der Waals surface area contributed by atoms with Crippen LogP contribution in [-0.2, 0) is 42.2 Å². The number of hydrogen-bond acceptors (Lipinski definition) is 10. The number of aliphatic hydroxyl groups excluding tert-OH is 1. The van der Waals surface area contributed by atoms with Crippen molar-refractivity contribution in [3.8, 4) is 0 Å². The van der Waals surface area contributed by atoms with Crippen LogP contribution in [0.1, 0.15) is 213 Å². The summed E-state index contributed by atoms with van der Waals surface area (Å²) in [6, 6.07) is 0. The summed E-state index contributed by atoms with van der Waals surface area (Å²) in [4.78, 5) is 48.5. The number of phosphoric acid groups is 1. The number of hydrogen-bond donors (Lipinski definition) is 2. The molecule has 72 heavy (non-hydrogen) atoms. The van der Waals surface area contributed by atoms with E-state index in [0.29, 0.717) is 19.3 Å². The molecule has 0 aromatic carbocycles. The van der Waals surface area contributed by atoms with Gasteiger partial charge < -0.3 is 24.2 Å². The lowest BCUT2D eigenvalue weighted by Gasteiger charge is -2.21. The van der Waals surface area contributed by atoms with Gasteiger partial charge in [0.1, 0.15) is 12.7 Å². The summed E-state index contributed by atoms with van der Waals surface area (Å²) < 4.78 is 39.4. The van der Waals surface area contributed by atoms with Gasteiger partial charge in [0.2, 0.25) is 0 Å². The van der Waals surface area contributed by atoms with Gasteiger partial charge in [-0.15, -0.1) is 0 Å². The maximum absolute atomic E-state index is 12.9. The first-order valence-electron chi connectivity index (χ1n) is 27.8. The van der Waals surface area contributed by atoms with Crippen LogP contribution >= 0.6 is 7.82 Å². The number of ether oxygens (including phenoxy) is 3. The predicted octanol–water partition coefficient (Wildman–Crippen LogP) is 16.2. The van der Waals surface area contributed by atoms with Gasteiger partial charge in [-0.1, -0.05) is 188 Å². The second-order valence-electron chi connectivity index (χ2n) is 18.0. The molecule has 0 aliphatic carbocycles. The smallest absolute Gasteiger partial charge is 0.462 e. The van der Waals surface area contributed by atoms with E-state index in [1.807, 2.05) is 0 Å². The normalized spacial score (nSPS) is 14.2. The highest BCUT2D eigenvalue weighted by Crippen LogP contribution is 2.43. The zero-order valence-electron chi connectivity index (χ0n) is 45.1. The quantitative estimate of drug-likeness (QED) is 0.0197. The molecule has 0 heterocycles. The van der Waals surface area contributed by atoms with Crippen molar-refractivity contribution in [2.24, 2.45) is 0 Å². The van der Waals surface area contributed by atoms with Crippen molar-refractivity contribution >= 4 is 25.7 Å². The molecule has 410 valence electrons. The minimum atomic E-state index is -4.77. The molecule has 0 aromatic rings. The molecule has 0 radical (unpaired) electrons. The lowest BCUT2D eigenvalue weighted by molar-refractivity contribution is -0.161. The molecule has 12 heteroatoms. The Morgan fingerprint density at radius 3 is 1.04 bits per heavy atom. The van der Waals surface area contributed by atoms with Crippen LogP contribution in [0.4, 0.5) is 0 Å². The van der Waals surface area contributed by atoms with Crippen molar-refractivity contribution in [1.29, 1.82) is 0 Å². The Hall–Kier alpha value is -3.86. The van der Waals surface area contributed by atoms with E-state index in [4.69, 9.17) is 23.3 Å². The lowest BCUT2D eigenvalue weighted by atomic mass is 10.1. The summed E-state index contributed by atoms with van der Waals surface area (Å²) in [7, 11) is -4.77. The summed E-state index contributed by atoms with van der Waals surface area (Å²) in [5, 5.41) is 9.80. The molecule has 0 aliphatic heterocycles. The Kier molecular flexibility index (Phi) is 50.6. The maximum Gasteiger partial charge on any atom is 0.472 e. The predicted molar refractivity (Wildman–Crippen MR) is 297 cm³/mol. The zero-order valence-corrected chi connectivity index (χ0v) is 46.0. The van der Waals surface area contributed by atoms with Crippen LogP contribution < -0.4 is 0 Å². The number of rotatable bonds is 50. The molecule has 0 amide bonds. The van der Waals surface area contributed by atoms with Crippen molar-refractivity contribution in [3.05, 3.63) is 109 Å². The molecule has 0 fully saturated rings. The number of carbonyl (C=O) groups is 3. The molecule has 3 unspecified atom stereocenters. The fraction of sp³-hybridized carbons (Fsp3) is 0.650. The maximum atomic E-state index is 12.9. The van der Waals surface area contributed by atoms with Crippen LogP contribution in [0.15, 0.2) is 109 Å². The van der Waals surface area contributed by atoms with Crippen LogP contribution in [0.25, 0.3) is 0 Å². The van der Waals surface area contributed by atoms with Gasteiger partial charge in [-0.2, -0.15) is 0 Å². The lowest BCUT2D eigenvalue weighted by Crippen LogP contribution is -2.30. The van der Waals surface area contributed by atoms with E-state index in [-0.39, 0.29) is 25.9 Å². The number of allylic oxidation sites excluding steroid dienone is 18. The first kappa shape index (κ1) is 68.1. The van der Waals surface area contributed by atoms with Gasteiger partial charge in [-0.25, -0.2) is 4.57 Å². The van der Waals surface area contributed by atoms with E-state index in [1.54, 1.807) is 0 Å². The van der Waals surface area contributed by atoms with Gasteiger partial charge >= 0.3 is 25.7 Å². The monoisotopic (exact) mass is 1030 g/mol. The summed E-state index contributed by atoms with van der Waals surface area (Å²) in [6.07, 6.45) is 63.3. The van der Waals surface area contributed by atoms with Gasteiger partial charge in [0.25, 0.3) is 0 Å². The van der Waals surface area contributed by atoms with Crippen molar-refractivity contribution < 1.29 is 52.2 Å². The molecule has 0 bridgehead atoms. The molecule has 0 spiro atoms. The van der Waals surface area contributed by atoms with Gasteiger partial charge in [-0.05, 0) is 116 Å². The van der Waals surface area contributed by atoms with Gasteiger partial charge in [0.15, 0.2) is 6.10 Å². The Balaban J connectivity index is 4.80. The van der Waals surface area contributed by atoms with E-state index >= 15 is 0 Å². The second-order valence-corrected chi connectivity index (χ2v) is 19.4. The van der Waals surface area contributed by atoms with E-state index in [0.717, 1.165) is 154 Å². The molecular weight excluding hydrogens is 928 g/mol. The number of unbranched alkanes of at least 4 members (excludes halogenated alkanes) is 15. The van der Waals surface area contributed by atoms with Crippen LogP contribution in [0.2, 0.25) is 0 Å². The van der Waals surface area contributed by atoms with E-state index < -0.39 is 57.8 Å². The zero-order chi connectivity index (χ0) is 52.7. The molecule has 0 aromatic heterocycles. The summed E-state index contributed by atoms with van der Waals surface area (Å²) in [6.45, 7) is 4.23. The van der Waals surface area contributed by atoms with Crippen molar-refractivity contribution in [1.82, 2.24) is 0 Å². The van der Waals surface area contributed by atoms with E-state index in [9.17, 15) is 28.9 Å². The number of carbonyl (C=O) groups excluding carboxylic acids is 3. The van der Waals surface area contributed by atoms with Crippen LogP contribution in [0, 0.1) is 0 Å². The van der Waals surface area contributed by atoms with E-state index in [2.05, 4.69) is 130 Å². The van der Waals surface area contributed by atoms with Gasteiger partial charge in [0, 0.05) is 19.3 Å². The van der Waals surface area contributed by atoms with Crippen LogP contribution in [-0.4, -0.2) is 66.5 Å². The molecule has 3 atom stereocenters. The average Bonchev–Trinajstić information content (AvgIpc) is 3.37. The molecule has 0 saturated heterocycles. The molecule has 0 rings (SSSR count). The Bertz CT molecular complexity index is 1620. The van der Waals surface area contributed by atoms with Gasteiger partial charge in [0.05, 0.1) is 19.8 Å². The second kappa shape index (κ2) is 53.4. The Labute approximate surface area is 437 Å². The van der Waals surface area contributed by atoms with Crippen LogP contribution in [0.5, 0.6) is 0 Å². The molecule has 2 N–H and O–H groups in total. The summed E-state index contributed by atoms with van der Waals surface area (Å²) in [5.74, 6) is -1.53. The first-order valence-corrected chi connectivity index (χ1v) is 29.3. The summed E-state index contributed by atoms with van der Waals surface area (Å²) >= 11 is 0. The molecule has 0 saturated carbocycles.